The highest BCUT2D eigenvalue weighted by atomic mass is 16.5. The number of fused-ring (bicyclic) bond motifs is 3. The van der Waals surface area contributed by atoms with E-state index in [4.69, 9.17) is 14.6 Å². The molecule has 1 saturated carbocycles. The van der Waals surface area contributed by atoms with Crippen molar-refractivity contribution in [2.24, 2.45) is 5.92 Å². The van der Waals surface area contributed by atoms with Crippen molar-refractivity contribution in [2.45, 2.75) is 56.9 Å². The Bertz CT molecular complexity index is 1310. The molecule has 2 atom stereocenters. The molecule has 40 heavy (non-hydrogen) atoms. The van der Waals surface area contributed by atoms with E-state index in [0.29, 0.717) is 12.8 Å². The minimum absolute atomic E-state index is 0.0445. The van der Waals surface area contributed by atoms with Gasteiger partial charge in [0.15, 0.2) is 0 Å². The Morgan fingerprint density at radius 2 is 1.50 bits per heavy atom. The molecule has 2 amide bonds. The number of carboxylic acids is 1. The maximum atomic E-state index is 13.3. The highest BCUT2D eigenvalue weighted by Crippen LogP contribution is 2.44. The fourth-order valence-corrected chi connectivity index (χ4v) is 5.62. The molecule has 8 heteroatoms. The maximum Gasteiger partial charge on any atom is 0.407 e. The maximum absolute atomic E-state index is 13.3. The number of benzene rings is 3. The Morgan fingerprint density at radius 3 is 2.12 bits per heavy atom. The third-order valence-corrected chi connectivity index (χ3v) is 7.77. The largest absolute Gasteiger partial charge is 0.481 e. The Balaban J connectivity index is 1.22. The minimum Gasteiger partial charge on any atom is -0.481 e. The van der Waals surface area contributed by atoms with E-state index in [1.807, 2.05) is 66.7 Å². The Labute approximate surface area is 233 Å². The predicted molar refractivity (Wildman–Crippen MR) is 150 cm³/mol. The van der Waals surface area contributed by atoms with Crippen LogP contribution in [0.3, 0.4) is 0 Å². The zero-order valence-corrected chi connectivity index (χ0v) is 22.4. The molecule has 208 valence electrons. The lowest BCUT2D eigenvalue weighted by Crippen LogP contribution is -2.57. The third kappa shape index (κ3) is 6.34. The summed E-state index contributed by atoms with van der Waals surface area (Å²) in [4.78, 5) is 37.3. The van der Waals surface area contributed by atoms with Crippen LogP contribution in [0, 0.1) is 5.92 Å². The van der Waals surface area contributed by atoms with E-state index >= 15 is 0 Å². The van der Waals surface area contributed by atoms with Crippen molar-refractivity contribution >= 4 is 18.0 Å². The fourth-order valence-electron chi connectivity index (χ4n) is 5.62. The summed E-state index contributed by atoms with van der Waals surface area (Å²) in [5.74, 6) is -1.28. The number of carbonyl (C=O) groups excluding carboxylic acids is 2. The van der Waals surface area contributed by atoms with E-state index in [0.717, 1.165) is 27.8 Å². The first kappa shape index (κ1) is 27.4. The third-order valence-electron chi connectivity index (χ3n) is 7.77. The number of amides is 2. The van der Waals surface area contributed by atoms with Crippen molar-refractivity contribution in [2.75, 3.05) is 6.61 Å². The highest BCUT2D eigenvalue weighted by Gasteiger charge is 2.36. The van der Waals surface area contributed by atoms with Crippen LogP contribution in [0.5, 0.6) is 0 Å². The van der Waals surface area contributed by atoms with Crippen LogP contribution in [0.2, 0.25) is 0 Å². The predicted octanol–water partition coefficient (Wildman–Crippen LogP) is 4.87. The standard InChI is InChI=1S/C32H34N2O6/c1-20(39-18-21-9-3-2-4-10-21)30(31(37)33-23-15-22(16-23)17-29(35)36)34-32(38)40-19-28-26-13-7-5-11-24(26)25-12-6-8-14-27(25)28/h2-14,20,22-23,28,30H,15-19H2,1H3,(H,33,37)(H,34,38)(H,35,36)/t20-,22?,23?,30+/m0/s1. The highest BCUT2D eigenvalue weighted by molar-refractivity contribution is 5.86. The molecule has 0 aliphatic heterocycles. The topological polar surface area (TPSA) is 114 Å². The number of ether oxygens (including phenoxy) is 2. The van der Waals surface area contributed by atoms with Gasteiger partial charge in [0, 0.05) is 18.4 Å². The van der Waals surface area contributed by atoms with Gasteiger partial charge in [0.05, 0.1) is 12.7 Å². The number of hydrogen-bond donors (Lipinski definition) is 3. The Hall–Kier alpha value is -4.17. The van der Waals surface area contributed by atoms with Crippen LogP contribution in [0.4, 0.5) is 4.79 Å². The van der Waals surface area contributed by atoms with E-state index in [-0.39, 0.29) is 43.4 Å². The lowest BCUT2D eigenvalue weighted by atomic mass is 9.78. The first-order chi connectivity index (χ1) is 19.4. The second kappa shape index (κ2) is 12.3. The molecule has 0 heterocycles. The van der Waals surface area contributed by atoms with Gasteiger partial charge in [0.1, 0.15) is 12.6 Å². The van der Waals surface area contributed by atoms with Crippen LogP contribution in [0.1, 0.15) is 48.8 Å². The first-order valence-corrected chi connectivity index (χ1v) is 13.7. The van der Waals surface area contributed by atoms with Crippen LogP contribution in [0.15, 0.2) is 78.9 Å². The van der Waals surface area contributed by atoms with E-state index in [9.17, 15) is 14.4 Å². The summed E-state index contributed by atoms with van der Waals surface area (Å²) >= 11 is 0. The van der Waals surface area contributed by atoms with Gasteiger partial charge < -0.3 is 25.2 Å². The quantitative estimate of drug-likeness (QED) is 0.319. The van der Waals surface area contributed by atoms with Crippen LogP contribution in [-0.2, 0) is 25.7 Å². The van der Waals surface area contributed by atoms with Gasteiger partial charge in [-0.05, 0) is 53.5 Å². The number of carbonyl (C=O) groups is 3. The van der Waals surface area contributed by atoms with Gasteiger partial charge >= 0.3 is 12.1 Å². The average molecular weight is 543 g/mol. The molecule has 3 aromatic rings. The second-order valence-electron chi connectivity index (χ2n) is 10.6. The van der Waals surface area contributed by atoms with Crippen molar-refractivity contribution < 1.29 is 29.0 Å². The molecule has 0 unspecified atom stereocenters. The van der Waals surface area contributed by atoms with E-state index in [2.05, 4.69) is 22.8 Å². The molecular weight excluding hydrogens is 508 g/mol. The summed E-state index contributed by atoms with van der Waals surface area (Å²) in [6.45, 7) is 2.15. The lowest BCUT2D eigenvalue weighted by Gasteiger charge is -2.36. The number of hydrogen-bond acceptors (Lipinski definition) is 5. The van der Waals surface area contributed by atoms with Gasteiger partial charge in [0.2, 0.25) is 5.91 Å². The number of nitrogens with one attached hydrogen (secondary N) is 2. The molecule has 0 aromatic heterocycles. The van der Waals surface area contributed by atoms with Crippen LogP contribution in [-0.4, -0.2) is 47.9 Å². The molecule has 0 radical (unpaired) electrons. The molecule has 1 fully saturated rings. The lowest BCUT2D eigenvalue weighted by molar-refractivity contribution is -0.139. The van der Waals surface area contributed by atoms with Crippen molar-refractivity contribution in [1.82, 2.24) is 10.6 Å². The average Bonchev–Trinajstić information content (AvgIpc) is 3.26. The monoisotopic (exact) mass is 542 g/mol. The number of rotatable bonds is 11. The molecule has 0 spiro atoms. The van der Waals surface area contributed by atoms with Gasteiger partial charge in [-0.15, -0.1) is 0 Å². The molecule has 5 rings (SSSR count). The molecule has 0 bridgehead atoms. The summed E-state index contributed by atoms with van der Waals surface area (Å²) in [6, 6.07) is 24.7. The van der Waals surface area contributed by atoms with Gasteiger partial charge in [-0.3, -0.25) is 9.59 Å². The van der Waals surface area contributed by atoms with Gasteiger partial charge in [-0.1, -0.05) is 78.9 Å². The van der Waals surface area contributed by atoms with Crippen molar-refractivity contribution in [3.63, 3.8) is 0 Å². The zero-order chi connectivity index (χ0) is 28.1. The van der Waals surface area contributed by atoms with Crippen LogP contribution < -0.4 is 10.6 Å². The summed E-state index contributed by atoms with van der Waals surface area (Å²) in [5, 5.41) is 14.7. The second-order valence-corrected chi connectivity index (χ2v) is 10.6. The smallest absolute Gasteiger partial charge is 0.407 e. The minimum atomic E-state index is -0.988. The van der Waals surface area contributed by atoms with Gasteiger partial charge in [0.25, 0.3) is 0 Å². The molecular formula is C32H34N2O6. The summed E-state index contributed by atoms with van der Waals surface area (Å²) in [7, 11) is 0. The zero-order valence-electron chi connectivity index (χ0n) is 22.4. The van der Waals surface area contributed by atoms with E-state index in [1.54, 1.807) is 6.92 Å². The van der Waals surface area contributed by atoms with E-state index < -0.39 is 24.2 Å². The molecule has 0 saturated heterocycles. The SMILES string of the molecule is C[C@H](OCc1ccccc1)[C@@H](NC(=O)OCC1c2ccccc2-c2ccccc21)C(=O)NC1CC(CC(=O)O)C1. The van der Waals surface area contributed by atoms with E-state index in [1.165, 1.54) is 0 Å². The van der Waals surface area contributed by atoms with Gasteiger partial charge in [-0.2, -0.15) is 0 Å². The molecule has 2 aliphatic rings. The molecule has 3 N–H and O–H groups in total. The van der Waals surface area contributed by atoms with Crippen molar-refractivity contribution in [3.05, 3.63) is 95.6 Å². The molecule has 2 aliphatic carbocycles. The van der Waals surface area contributed by atoms with Crippen molar-refractivity contribution in [3.8, 4) is 11.1 Å². The summed E-state index contributed by atoms with van der Waals surface area (Å²) < 4.78 is 11.7. The molecule has 3 aromatic carbocycles. The normalized spacial score (nSPS) is 18.9. The number of aliphatic carboxylic acids is 1. The first-order valence-electron chi connectivity index (χ1n) is 13.7. The van der Waals surface area contributed by atoms with Crippen LogP contribution >= 0.6 is 0 Å². The summed E-state index contributed by atoms with van der Waals surface area (Å²) in [5.41, 5.74) is 5.42. The Morgan fingerprint density at radius 1 is 0.900 bits per heavy atom. The fraction of sp³-hybridized carbons (Fsp3) is 0.344. The number of alkyl carbamates (subject to hydrolysis) is 1. The molecule has 8 nitrogen and oxygen atoms in total. The summed E-state index contributed by atoms with van der Waals surface area (Å²) in [6.07, 6.45) is -0.0704. The Kier molecular flexibility index (Phi) is 8.45. The van der Waals surface area contributed by atoms with Crippen molar-refractivity contribution in [1.29, 1.82) is 0 Å². The van der Waals surface area contributed by atoms with Gasteiger partial charge in [-0.25, -0.2) is 4.79 Å². The van der Waals surface area contributed by atoms with Crippen LogP contribution in [0.25, 0.3) is 11.1 Å². The number of carboxylic acid groups (broad SMARTS) is 1.